The summed E-state index contributed by atoms with van der Waals surface area (Å²) in [6.07, 6.45) is 0. The van der Waals surface area contributed by atoms with Gasteiger partial charge in [0.2, 0.25) is 0 Å². The molecule has 2 rings (SSSR count). The van der Waals surface area contributed by atoms with Gasteiger partial charge in [-0.2, -0.15) is 0 Å². The fraction of sp³-hybridized carbons (Fsp3) is 0.231. The summed E-state index contributed by atoms with van der Waals surface area (Å²) in [5.41, 5.74) is 8.82. The lowest BCUT2D eigenvalue weighted by Gasteiger charge is -2.07. The standard InChI is InChI=1S/C13H14FN3/c1-8-3-4-10(14)6-12(8)13-16-9(2)5-11(7-15)17-13/h3-6H,7,15H2,1-2H3. The second-order valence-electron chi connectivity index (χ2n) is 3.99. The average Bonchev–Trinajstić information content (AvgIpc) is 2.31. The van der Waals surface area contributed by atoms with E-state index in [2.05, 4.69) is 9.97 Å². The van der Waals surface area contributed by atoms with Crippen LogP contribution in [-0.2, 0) is 6.54 Å². The molecule has 1 aromatic carbocycles. The Kier molecular flexibility index (Phi) is 3.15. The van der Waals surface area contributed by atoms with Crippen LogP contribution in [0.2, 0.25) is 0 Å². The van der Waals surface area contributed by atoms with Crippen molar-refractivity contribution in [1.82, 2.24) is 9.97 Å². The molecule has 0 aliphatic heterocycles. The molecule has 0 radical (unpaired) electrons. The first-order valence-corrected chi connectivity index (χ1v) is 5.41. The first-order valence-electron chi connectivity index (χ1n) is 5.41. The van der Waals surface area contributed by atoms with Crippen LogP contribution in [0.15, 0.2) is 24.3 Å². The first-order chi connectivity index (χ1) is 8.10. The van der Waals surface area contributed by atoms with Crippen molar-refractivity contribution in [3.8, 4) is 11.4 Å². The zero-order valence-electron chi connectivity index (χ0n) is 9.87. The fourth-order valence-corrected chi connectivity index (χ4v) is 1.69. The van der Waals surface area contributed by atoms with Crippen LogP contribution < -0.4 is 5.73 Å². The lowest BCUT2D eigenvalue weighted by atomic mass is 10.1. The highest BCUT2D eigenvalue weighted by molar-refractivity contribution is 5.60. The van der Waals surface area contributed by atoms with E-state index in [1.165, 1.54) is 12.1 Å². The van der Waals surface area contributed by atoms with Crippen molar-refractivity contribution in [2.75, 3.05) is 0 Å². The molecule has 17 heavy (non-hydrogen) atoms. The van der Waals surface area contributed by atoms with Crippen molar-refractivity contribution in [3.05, 3.63) is 47.0 Å². The maximum Gasteiger partial charge on any atom is 0.160 e. The largest absolute Gasteiger partial charge is 0.325 e. The highest BCUT2D eigenvalue weighted by Crippen LogP contribution is 2.21. The number of nitrogens with zero attached hydrogens (tertiary/aromatic N) is 2. The van der Waals surface area contributed by atoms with Crippen LogP contribution in [0, 0.1) is 19.7 Å². The average molecular weight is 231 g/mol. The maximum atomic E-state index is 13.2. The summed E-state index contributed by atoms with van der Waals surface area (Å²) in [4.78, 5) is 8.64. The lowest BCUT2D eigenvalue weighted by molar-refractivity contribution is 0.627. The number of nitrogens with two attached hydrogens (primary N) is 1. The first kappa shape index (κ1) is 11.7. The molecule has 2 aromatic rings. The van der Waals surface area contributed by atoms with E-state index in [1.54, 1.807) is 6.07 Å². The smallest absolute Gasteiger partial charge is 0.160 e. The molecule has 88 valence electrons. The molecular weight excluding hydrogens is 217 g/mol. The van der Waals surface area contributed by atoms with Gasteiger partial charge in [0.25, 0.3) is 0 Å². The van der Waals surface area contributed by atoms with Gasteiger partial charge in [0, 0.05) is 17.8 Å². The Labute approximate surface area is 99.5 Å². The maximum absolute atomic E-state index is 13.2. The van der Waals surface area contributed by atoms with E-state index in [9.17, 15) is 4.39 Å². The molecule has 3 nitrogen and oxygen atoms in total. The van der Waals surface area contributed by atoms with Crippen LogP contribution in [-0.4, -0.2) is 9.97 Å². The molecule has 0 aliphatic carbocycles. The minimum Gasteiger partial charge on any atom is -0.325 e. The quantitative estimate of drug-likeness (QED) is 0.863. The highest BCUT2D eigenvalue weighted by Gasteiger charge is 2.08. The third-order valence-corrected chi connectivity index (χ3v) is 2.56. The number of aryl methyl sites for hydroxylation is 2. The predicted molar refractivity (Wildman–Crippen MR) is 64.8 cm³/mol. The van der Waals surface area contributed by atoms with E-state index in [1.807, 2.05) is 19.9 Å². The summed E-state index contributed by atoms with van der Waals surface area (Å²) in [5.74, 6) is 0.243. The Balaban J connectivity index is 2.59. The van der Waals surface area contributed by atoms with E-state index in [0.717, 1.165) is 17.0 Å². The molecule has 0 saturated carbocycles. The second kappa shape index (κ2) is 4.59. The Morgan fingerprint density at radius 2 is 1.94 bits per heavy atom. The van der Waals surface area contributed by atoms with Crippen molar-refractivity contribution in [3.63, 3.8) is 0 Å². The number of halogens is 1. The van der Waals surface area contributed by atoms with Crippen LogP contribution in [0.3, 0.4) is 0 Å². The SMILES string of the molecule is Cc1cc(CN)nc(-c2cc(F)ccc2C)n1. The summed E-state index contributed by atoms with van der Waals surface area (Å²) in [5, 5.41) is 0. The third-order valence-electron chi connectivity index (χ3n) is 2.56. The molecule has 2 N–H and O–H groups in total. The number of hydrogen-bond donors (Lipinski definition) is 1. The summed E-state index contributed by atoms with van der Waals surface area (Å²) in [7, 11) is 0. The number of rotatable bonds is 2. The van der Waals surface area contributed by atoms with Crippen LogP contribution in [0.5, 0.6) is 0 Å². The minimum absolute atomic E-state index is 0.287. The molecule has 0 atom stereocenters. The van der Waals surface area contributed by atoms with E-state index >= 15 is 0 Å². The van der Waals surface area contributed by atoms with Gasteiger partial charge >= 0.3 is 0 Å². The molecule has 0 spiro atoms. The number of hydrogen-bond acceptors (Lipinski definition) is 3. The van der Waals surface area contributed by atoms with E-state index < -0.39 is 0 Å². The van der Waals surface area contributed by atoms with Gasteiger partial charge in [-0.15, -0.1) is 0 Å². The molecule has 0 aliphatic rings. The van der Waals surface area contributed by atoms with Crippen molar-refractivity contribution in [2.24, 2.45) is 5.73 Å². The van der Waals surface area contributed by atoms with Crippen LogP contribution >= 0.6 is 0 Å². The van der Waals surface area contributed by atoms with Crippen molar-refractivity contribution >= 4 is 0 Å². The Morgan fingerprint density at radius 3 is 2.65 bits per heavy atom. The normalized spacial score (nSPS) is 10.6. The number of benzene rings is 1. The van der Waals surface area contributed by atoms with E-state index in [-0.39, 0.29) is 5.82 Å². The Bertz CT molecular complexity index is 552. The predicted octanol–water partition coefficient (Wildman–Crippen LogP) is 2.36. The van der Waals surface area contributed by atoms with Gasteiger partial charge in [-0.1, -0.05) is 6.07 Å². The van der Waals surface area contributed by atoms with Gasteiger partial charge in [-0.25, -0.2) is 14.4 Å². The topological polar surface area (TPSA) is 51.8 Å². The molecule has 0 bridgehead atoms. The highest BCUT2D eigenvalue weighted by atomic mass is 19.1. The summed E-state index contributed by atoms with van der Waals surface area (Å²) in [6.45, 7) is 4.13. The zero-order valence-corrected chi connectivity index (χ0v) is 9.87. The van der Waals surface area contributed by atoms with Crippen LogP contribution in [0.25, 0.3) is 11.4 Å². The fourth-order valence-electron chi connectivity index (χ4n) is 1.69. The molecule has 0 saturated heterocycles. The Hall–Kier alpha value is -1.81. The van der Waals surface area contributed by atoms with Crippen LogP contribution in [0.4, 0.5) is 4.39 Å². The van der Waals surface area contributed by atoms with Crippen molar-refractivity contribution in [1.29, 1.82) is 0 Å². The van der Waals surface area contributed by atoms with E-state index in [4.69, 9.17) is 5.73 Å². The van der Waals surface area contributed by atoms with Gasteiger partial charge in [-0.05, 0) is 37.6 Å². The Morgan fingerprint density at radius 1 is 1.18 bits per heavy atom. The molecular formula is C13H14FN3. The van der Waals surface area contributed by atoms with Gasteiger partial charge in [0.15, 0.2) is 5.82 Å². The minimum atomic E-state index is -0.287. The number of aromatic nitrogens is 2. The lowest BCUT2D eigenvalue weighted by Crippen LogP contribution is -2.04. The molecule has 4 heteroatoms. The molecule has 1 heterocycles. The van der Waals surface area contributed by atoms with Crippen molar-refractivity contribution < 1.29 is 4.39 Å². The van der Waals surface area contributed by atoms with E-state index in [0.29, 0.717) is 17.9 Å². The monoisotopic (exact) mass is 231 g/mol. The molecule has 0 unspecified atom stereocenters. The summed E-state index contributed by atoms with van der Waals surface area (Å²) < 4.78 is 13.2. The molecule has 0 amide bonds. The van der Waals surface area contributed by atoms with Gasteiger partial charge < -0.3 is 5.73 Å². The van der Waals surface area contributed by atoms with Crippen molar-refractivity contribution in [2.45, 2.75) is 20.4 Å². The molecule has 0 fully saturated rings. The summed E-state index contributed by atoms with van der Waals surface area (Å²) >= 11 is 0. The van der Waals surface area contributed by atoms with Gasteiger partial charge in [-0.3, -0.25) is 0 Å². The second-order valence-corrected chi connectivity index (χ2v) is 3.99. The van der Waals surface area contributed by atoms with Gasteiger partial charge in [0.1, 0.15) is 5.82 Å². The third kappa shape index (κ3) is 2.47. The summed E-state index contributed by atoms with van der Waals surface area (Å²) in [6, 6.07) is 6.43. The molecule has 1 aromatic heterocycles. The van der Waals surface area contributed by atoms with Gasteiger partial charge in [0.05, 0.1) is 5.69 Å². The zero-order chi connectivity index (χ0) is 12.4. The van der Waals surface area contributed by atoms with Crippen LogP contribution in [0.1, 0.15) is 17.0 Å².